The lowest BCUT2D eigenvalue weighted by molar-refractivity contribution is 0.166. The van der Waals surface area contributed by atoms with Crippen LogP contribution in [0.5, 0.6) is 0 Å². The third kappa shape index (κ3) is 8.60. The summed E-state index contributed by atoms with van der Waals surface area (Å²) in [6.45, 7) is 12.5. The minimum absolute atomic E-state index is 0.0728. The molecule has 0 saturated carbocycles. The van der Waals surface area contributed by atoms with Gasteiger partial charge in [-0.3, -0.25) is 14.7 Å². The van der Waals surface area contributed by atoms with Gasteiger partial charge < -0.3 is 15.2 Å². The largest absolute Gasteiger partial charge is 0.357 e. The molecule has 1 aliphatic rings. The van der Waals surface area contributed by atoms with E-state index in [-0.39, 0.29) is 5.56 Å². The molecule has 2 rings (SSSR count). The number of aromatic nitrogens is 1. The molecule has 1 aromatic heterocycles. The van der Waals surface area contributed by atoms with Gasteiger partial charge in [-0.05, 0) is 57.7 Å². The van der Waals surface area contributed by atoms with Gasteiger partial charge in [-0.2, -0.15) is 0 Å². The lowest BCUT2D eigenvalue weighted by Crippen LogP contribution is -2.44. The van der Waals surface area contributed by atoms with Crippen LogP contribution < -0.4 is 16.2 Å². The zero-order valence-electron chi connectivity index (χ0n) is 18.7. The molecule has 0 spiro atoms. The van der Waals surface area contributed by atoms with Gasteiger partial charge in [-0.25, -0.2) is 0 Å². The van der Waals surface area contributed by atoms with E-state index in [0.717, 1.165) is 45.0 Å². The van der Waals surface area contributed by atoms with E-state index in [9.17, 15) is 4.79 Å². The zero-order chi connectivity index (χ0) is 20.9. The van der Waals surface area contributed by atoms with Crippen LogP contribution in [0, 0.1) is 5.92 Å². The quantitative estimate of drug-likeness (QED) is 0.358. The molecule has 0 aromatic carbocycles. The number of aliphatic imine (C=N–C) groups is 1. The predicted molar refractivity (Wildman–Crippen MR) is 123 cm³/mol. The maximum absolute atomic E-state index is 11.7. The molecule has 1 saturated heterocycles. The lowest BCUT2D eigenvalue weighted by atomic mass is 10.0. The van der Waals surface area contributed by atoms with Crippen LogP contribution in [0.4, 0.5) is 0 Å². The molecule has 1 atom stereocenters. The van der Waals surface area contributed by atoms with Crippen LogP contribution in [0.3, 0.4) is 0 Å². The normalized spacial score (nSPS) is 17.2. The van der Waals surface area contributed by atoms with Gasteiger partial charge in [0.1, 0.15) is 0 Å². The van der Waals surface area contributed by atoms with Gasteiger partial charge in [0.05, 0.1) is 6.54 Å². The number of rotatable bonds is 10. The molecular weight excluding hydrogens is 362 g/mol. The first kappa shape index (κ1) is 23.5. The number of unbranched alkanes of at least 4 members (excludes halogenated alkanes) is 1. The maximum Gasteiger partial charge on any atom is 0.250 e. The summed E-state index contributed by atoms with van der Waals surface area (Å²) in [7, 11) is 0. The summed E-state index contributed by atoms with van der Waals surface area (Å²) in [5.41, 5.74) is 0.0728. The van der Waals surface area contributed by atoms with Crippen LogP contribution in [0.2, 0.25) is 0 Å². The topological polar surface area (TPSA) is 61.7 Å². The van der Waals surface area contributed by atoms with Crippen molar-refractivity contribution in [3.05, 3.63) is 34.7 Å². The molecular formula is C23H41N5O. The number of hydrogen-bond donors (Lipinski definition) is 2. The van der Waals surface area contributed by atoms with Crippen molar-refractivity contribution in [1.82, 2.24) is 20.1 Å². The van der Waals surface area contributed by atoms with E-state index in [1.807, 2.05) is 12.3 Å². The van der Waals surface area contributed by atoms with Crippen molar-refractivity contribution in [2.45, 2.75) is 71.9 Å². The first-order chi connectivity index (χ1) is 14.1. The smallest absolute Gasteiger partial charge is 0.250 e. The molecule has 0 radical (unpaired) electrons. The van der Waals surface area contributed by atoms with E-state index in [4.69, 9.17) is 4.99 Å². The highest BCUT2D eigenvalue weighted by Crippen LogP contribution is 2.17. The third-order valence-corrected chi connectivity index (χ3v) is 5.68. The summed E-state index contributed by atoms with van der Waals surface area (Å²) in [5.74, 6) is 1.51. The van der Waals surface area contributed by atoms with E-state index < -0.39 is 0 Å². The van der Waals surface area contributed by atoms with E-state index in [0.29, 0.717) is 12.0 Å². The highest BCUT2D eigenvalue weighted by Gasteiger charge is 2.22. The van der Waals surface area contributed by atoms with Gasteiger partial charge in [0.2, 0.25) is 5.56 Å². The zero-order valence-corrected chi connectivity index (χ0v) is 18.7. The summed E-state index contributed by atoms with van der Waals surface area (Å²) < 4.78 is 1.77. The van der Waals surface area contributed by atoms with Gasteiger partial charge >= 0.3 is 0 Å². The second-order valence-corrected chi connectivity index (χ2v) is 8.35. The van der Waals surface area contributed by atoms with Gasteiger partial charge in [0, 0.05) is 37.9 Å². The molecule has 0 aliphatic carbocycles. The number of nitrogens with one attached hydrogen (secondary N) is 2. The van der Waals surface area contributed by atoms with E-state index in [1.54, 1.807) is 16.7 Å². The van der Waals surface area contributed by atoms with Crippen molar-refractivity contribution in [2.24, 2.45) is 10.9 Å². The maximum atomic E-state index is 11.7. The SMILES string of the molecule is CCNC(=NCC(C(C)C)N1CCCCCC1)NCCCCn1ccccc1=O. The van der Waals surface area contributed by atoms with Gasteiger partial charge in [-0.1, -0.05) is 32.8 Å². The monoisotopic (exact) mass is 403 g/mol. The fraction of sp³-hybridized carbons (Fsp3) is 0.739. The van der Waals surface area contributed by atoms with Crippen LogP contribution in [-0.2, 0) is 6.54 Å². The summed E-state index contributed by atoms with van der Waals surface area (Å²) in [4.78, 5) is 19.3. The summed E-state index contributed by atoms with van der Waals surface area (Å²) in [6.07, 6.45) is 9.19. The number of likely N-dealkylation sites (tertiary alicyclic amines) is 1. The van der Waals surface area contributed by atoms with Crippen molar-refractivity contribution < 1.29 is 0 Å². The van der Waals surface area contributed by atoms with E-state index >= 15 is 0 Å². The Hall–Kier alpha value is -1.82. The average Bonchev–Trinajstić information content (AvgIpc) is 2.98. The van der Waals surface area contributed by atoms with Crippen molar-refractivity contribution in [3.8, 4) is 0 Å². The Morgan fingerprint density at radius 3 is 2.52 bits per heavy atom. The molecule has 1 unspecified atom stereocenters. The average molecular weight is 404 g/mol. The van der Waals surface area contributed by atoms with Gasteiger partial charge in [-0.15, -0.1) is 0 Å². The predicted octanol–water partition coefficient (Wildman–Crippen LogP) is 3.08. The van der Waals surface area contributed by atoms with Crippen molar-refractivity contribution in [3.63, 3.8) is 0 Å². The molecule has 1 fully saturated rings. The van der Waals surface area contributed by atoms with Gasteiger partial charge in [0.25, 0.3) is 0 Å². The Balaban J connectivity index is 1.80. The van der Waals surface area contributed by atoms with Gasteiger partial charge in [0.15, 0.2) is 5.96 Å². The number of aryl methyl sites for hydroxylation is 1. The molecule has 2 N–H and O–H groups in total. The Kier molecular flexibility index (Phi) is 10.8. The molecule has 6 heteroatoms. The highest BCUT2D eigenvalue weighted by atomic mass is 16.1. The Morgan fingerprint density at radius 2 is 1.86 bits per heavy atom. The second kappa shape index (κ2) is 13.4. The highest BCUT2D eigenvalue weighted by molar-refractivity contribution is 5.79. The van der Waals surface area contributed by atoms with Crippen LogP contribution in [0.1, 0.15) is 59.3 Å². The first-order valence-electron chi connectivity index (χ1n) is 11.5. The van der Waals surface area contributed by atoms with Crippen LogP contribution in [-0.4, -0.2) is 54.2 Å². The molecule has 1 aliphatic heterocycles. The number of hydrogen-bond acceptors (Lipinski definition) is 3. The number of guanidine groups is 1. The van der Waals surface area contributed by atoms with E-state index in [1.165, 1.54) is 38.8 Å². The van der Waals surface area contributed by atoms with E-state index in [2.05, 4.69) is 36.3 Å². The lowest BCUT2D eigenvalue weighted by Gasteiger charge is -2.32. The van der Waals surface area contributed by atoms with Crippen molar-refractivity contribution >= 4 is 5.96 Å². The third-order valence-electron chi connectivity index (χ3n) is 5.68. The molecule has 6 nitrogen and oxygen atoms in total. The standard InChI is InChI=1S/C23H41N5O/c1-4-24-23(25-14-8-12-18-28-17-11-7-13-22(28)29)26-19-21(20(2)3)27-15-9-5-6-10-16-27/h7,11,13,17,20-21H,4-6,8-10,12,14-16,18-19H2,1-3H3,(H2,24,25,26). The molecule has 1 aromatic rings. The molecule has 164 valence electrons. The molecule has 2 heterocycles. The van der Waals surface area contributed by atoms with Crippen molar-refractivity contribution in [1.29, 1.82) is 0 Å². The van der Waals surface area contributed by atoms with Crippen LogP contribution in [0.25, 0.3) is 0 Å². The Morgan fingerprint density at radius 1 is 1.10 bits per heavy atom. The van der Waals surface area contributed by atoms with Crippen LogP contribution >= 0.6 is 0 Å². The minimum Gasteiger partial charge on any atom is -0.357 e. The van der Waals surface area contributed by atoms with Crippen LogP contribution in [0.15, 0.2) is 34.2 Å². The minimum atomic E-state index is 0.0728. The fourth-order valence-electron chi connectivity index (χ4n) is 3.96. The molecule has 0 amide bonds. The Labute approximate surface area is 176 Å². The number of nitrogens with zero attached hydrogens (tertiary/aromatic N) is 3. The fourth-order valence-corrected chi connectivity index (χ4v) is 3.96. The molecule has 0 bridgehead atoms. The second-order valence-electron chi connectivity index (χ2n) is 8.35. The summed E-state index contributed by atoms with van der Waals surface area (Å²) in [5, 5.41) is 6.84. The molecule has 29 heavy (non-hydrogen) atoms. The number of pyridine rings is 1. The Bertz CT molecular complexity index is 647. The first-order valence-corrected chi connectivity index (χ1v) is 11.5. The summed E-state index contributed by atoms with van der Waals surface area (Å²) in [6, 6.07) is 5.82. The summed E-state index contributed by atoms with van der Waals surface area (Å²) >= 11 is 0. The van der Waals surface area contributed by atoms with Crippen molar-refractivity contribution in [2.75, 3.05) is 32.7 Å².